The zero-order valence-corrected chi connectivity index (χ0v) is 32.4. The molecule has 0 fully saturated rings. The SMILES string of the molecule is c1ccc2c(c1)Oc1ccccc1N2c1cc(-c2cc(-c3nc4ccccc4o3)cc(N3c4ccccc4Sc4ccccc43)c2)cc(-c2nc3ccccc3s2)c1. The van der Waals surface area contributed by atoms with Crippen molar-refractivity contribution in [1.82, 2.24) is 9.97 Å². The molecular weight excluding hydrogens is 753 g/mol. The second kappa shape index (κ2) is 13.2. The van der Waals surface area contributed by atoms with Crippen LogP contribution in [0.3, 0.4) is 0 Å². The van der Waals surface area contributed by atoms with Gasteiger partial charge in [0, 0.05) is 32.3 Å². The number of oxazole rings is 1. The fraction of sp³-hybridized carbons (Fsp3) is 0. The molecule has 10 aromatic rings. The minimum atomic E-state index is 0.566. The molecule has 8 aromatic carbocycles. The Balaban J connectivity index is 1.13. The lowest BCUT2D eigenvalue weighted by molar-refractivity contribution is 0.477. The van der Waals surface area contributed by atoms with Crippen LogP contribution in [0.1, 0.15) is 0 Å². The van der Waals surface area contributed by atoms with Crippen LogP contribution in [0, 0.1) is 0 Å². The first-order chi connectivity index (χ1) is 28.7. The number of para-hydroxylation sites is 9. The maximum absolute atomic E-state index is 6.49. The molecule has 0 radical (unpaired) electrons. The molecule has 0 atom stereocenters. The summed E-state index contributed by atoms with van der Waals surface area (Å²) in [6.45, 7) is 0. The average Bonchev–Trinajstić information content (AvgIpc) is 3.92. The molecular formula is C50H30N4O2S2. The molecule has 0 unspecified atom stereocenters. The van der Waals surface area contributed by atoms with Crippen LogP contribution in [-0.2, 0) is 0 Å². The Morgan fingerprint density at radius 2 is 0.948 bits per heavy atom. The Bertz CT molecular complexity index is 2870. The van der Waals surface area contributed by atoms with Gasteiger partial charge in [0.25, 0.3) is 0 Å². The van der Waals surface area contributed by atoms with E-state index in [9.17, 15) is 0 Å². The molecule has 274 valence electrons. The van der Waals surface area contributed by atoms with Crippen molar-refractivity contribution in [3.05, 3.63) is 182 Å². The van der Waals surface area contributed by atoms with Gasteiger partial charge >= 0.3 is 0 Å². The summed E-state index contributed by atoms with van der Waals surface area (Å²) in [5.41, 5.74) is 12.7. The van der Waals surface area contributed by atoms with Gasteiger partial charge in [-0.1, -0.05) is 84.6 Å². The summed E-state index contributed by atoms with van der Waals surface area (Å²) in [5.74, 6) is 2.17. The van der Waals surface area contributed by atoms with E-state index < -0.39 is 0 Å². The predicted molar refractivity (Wildman–Crippen MR) is 237 cm³/mol. The normalized spacial score (nSPS) is 12.8. The number of fused-ring (bicyclic) bond motifs is 6. The van der Waals surface area contributed by atoms with Gasteiger partial charge in [0.1, 0.15) is 10.5 Å². The molecule has 0 amide bonds. The van der Waals surface area contributed by atoms with Crippen LogP contribution < -0.4 is 14.5 Å². The van der Waals surface area contributed by atoms with Crippen molar-refractivity contribution in [2.45, 2.75) is 9.79 Å². The largest absolute Gasteiger partial charge is 0.453 e. The van der Waals surface area contributed by atoms with Crippen molar-refractivity contribution in [2.75, 3.05) is 9.80 Å². The molecule has 4 heterocycles. The monoisotopic (exact) mass is 782 g/mol. The van der Waals surface area contributed by atoms with Gasteiger partial charge in [-0.3, -0.25) is 0 Å². The Hall–Kier alpha value is -7.13. The minimum Gasteiger partial charge on any atom is -0.453 e. The lowest BCUT2D eigenvalue weighted by Crippen LogP contribution is -2.16. The summed E-state index contributed by atoms with van der Waals surface area (Å²) in [4.78, 5) is 17.2. The Morgan fingerprint density at radius 3 is 1.62 bits per heavy atom. The molecule has 12 rings (SSSR count). The summed E-state index contributed by atoms with van der Waals surface area (Å²) in [6, 6.07) is 63.4. The van der Waals surface area contributed by atoms with Gasteiger partial charge in [-0.25, -0.2) is 9.97 Å². The summed E-state index contributed by atoms with van der Waals surface area (Å²) in [7, 11) is 0. The molecule has 0 N–H and O–H groups in total. The molecule has 0 saturated carbocycles. The maximum Gasteiger partial charge on any atom is 0.227 e. The Kier molecular flexibility index (Phi) is 7.54. The zero-order valence-electron chi connectivity index (χ0n) is 30.7. The third-order valence-corrected chi connectivity index (χ3v) is 12.8. The van der Waals surface area contributed by atoms with Gasteiger partial charge in [-0.2, -0.15) is 0 Å². The second-order valence-corrected chi connectivity index (χ2v) is 16.4. The van der Waals surface area contributed by atoms with Crippen LogP contribution in [0.2, 0.25) is 0 Å². The number of benzene rings is 8. The summed E-state index contributed by atoms with van der Waals surface area (Å²) in [6.07, 6.45) is 0. The van der Waals surface area contributed by atoms with E-state index >= 15 is 0 Å². The van der Waals surface area contributed by atoms with E-state index in [1.807, 2.05) is 54.6 Å². The molecule has 58 heavy (non-hydrogen) atoms. The van der Waals surface area contributed by atoms with Crippen molar-refractivity contribution in [1.29, 1.82) is 0 Å². The number of anilines is 6. The van der Waals surface area contributed by atoms with Gasteiger partial charge in [0.15, 0.2) is 17.1 Å². The van der Waals surface area contributed by atoms with Crippen LogP contribution in [0.4, 0.5) is 34.1 Å². The summed E-state index contributed by atoms with van der Waals surface area (Å²) < 4.78 is 14.1. The van der Waals surface area contributed by atoms with Gasteiger partial charge in [-0.15, -0.1) is 11.3 Å². The van der Waals surface area contributed by atoms with Crippen LogP contribution >= 0.6 is 23.1 Å². The molecule has 0 aliphatic carbocycles. The van der Waals surface area contributed by atoms with Gasteiger partial charge in [-0.05, 0) is 120 Å². The smallest absolute Gasteiger partial charge is 0.227 e. The zero-order chi connectivity index (χ0) is 38.2. The summed E-state index contributed by atoms with van der Waals surface area (Å²) in [5, 5.41) is 0.949. The third kappa shape index (κ3) is 5.49. The number of aromatic nitrogens is 2. The first-order valence-corrected chi connectivity index (χ1v) is 20.7. The van der Waals surface area contributed by atoms with Crippen LogP contribution in [0.25, 0.3) is 54.5 Å². The molecule has 0 bridgehead atoms. The minimum absolute atomic E-state index is 0.566. The van der Waals surface area contributed by atoms with Gasteiger partial charge in [0.05, 0.1) is 33.0 Å². The topological polar surface area (TPSA) is 54.6 Å². The number of nitrogens with zero attached hydrogens (tertiary/aromatic N) is 4. The fourth-order valence-corrected chi connectivity index (χ4v) is 10.0. The van der Waals surface area contributed by atoms with Crippen LogP contribution in [-0.4, -0.2) is 9.97 Å². The first kappa shape index (κ1) is 33.1. The second-order valence-electron chi connectivity index (χ2n) is 14.3. The van der Waals surface area contributed by atoms with E-state index in [4.69, 9.17) is 19.1 Å². The van der Waals surface area contributed by atoms with Gasteiger partial charge in [0.2, 0.25) is 5.89 Å². The third-order valence-electron chi connectivity index (χ3n) is 10.6. The molecule has 2 aromatic heterocycles. The molecule has 2 aliphatic heterocycles. The number of thiazole rings is 1. The first-order valence-electron chi connectivity index (χ1n) is 19.0. The van der Waals surface area contributed by atoms with E-state index in [1.54, 1.807) is 23.1 Å². The molecule has 2 aliphatic rings. The fourth-order valence-electron chi connectivity index (χ4n) is 8.02. The maximum atomic E-state index is 6.49. The quantitative estimate of drug-likeness (QED) is 0.172. The molecule has 8 heteroatoms. The number of rotatable bonds is 5. The average molecular weight is 783 g/mol. The number of hydrogen-bond acceptors (Lipinski definition) is 8. The van der Waals surface area contributed by atoms with E-state index in [2.05, 4.69) is 137 Å². The Labute approximate surface area is 342 Å². The van der Waals surface area contributed by atoms with E-state index in [0.717, 1.165) is 94.2 Å². The van der Waals surface area contributed by atoms with Gasteiger partial charge < -0.3 is 19.0 Å². The lowest BCUT2D eigenvalue weighted by atomic mass is 9.97. The highest BCUT2D eigenvalue weighted by Gasteiger charge is 2.28. The summed E-state index contributed by atoms with van der Waals surface area (Å²) >= 11 is 3.50. The highest BCUT2D eigenvalue weighted by Crippen LogP contribution is 2.54. The highest BCUT2D eigenvalue weighted by atomic mass is 32.2. The van der Waals surface area contributed by atoms with Crippen LogP contribution in [0.5, 0.6) is 11.5 Å². The van der Waals surface area contributed by atoms with E-state index in [1.165, 1.54) is 9.79 Å². The molecule has 0 saturated heterocycles. The van der Waals surface area contributed by atoms with Crippen molar-refractivity contribution in [3.63, 3.8) is 0 Å². The lowest BCUT2D eigenvalue weighted by Gasteiger charge is -2.34. The number of ether oxygens (including phenoxy) is 1. The number of hydrogen-bond donors (Lipinski definition) is 0. The molecule has 0 spiro atoms. The van der Waals surface area contributed by atoms with E-state index in [0.29, 0.717) is 5.89 Å². The predicted octanol–water partition coefficient (Wildman–Crippen LogP) is 14.9. The van der Waals surface area contributed by atoms with Crippen molar-refractivity contribution in [3.8, 4) is 44.7 Å². The van der Waals surface area contributed by atoms with Crippen molar-refractivity contribution >= 4 is 78.5 Å². The van der Waals surface area contributed by atoms with Crippen molar-refractivity contribution in [2.24, 2.45) is 0 Å². The van der Waals surface area contributed by atoms with Crippen molar-refractivity contribution < 1.29 is 9.15 Å². The standard InChI is InChI=1S/C50H30N4O2S2/c1-7-19-43-37(13-1)51-49(56-43)33-25-31(27-35(29-33)54-41-17-5-11-23-47(41)57-48-24-12-6-18-42(48)54)32-26-34(50-52-38-14-2-10-22-46(38)58-50)30-36(28-32)53-39-15-3-8-20-44(39)55-45-21-9-4-16-40(45)53/h1-30H. The Morgan fingerprint density at radius 1 is 0.431 bits per heavy atom. The molecule has 6 nitrogen and oxygen atoms in total. The highest BCUT2D eigenvalue weighted by molar-refractivity contribution is 7.99. The van der Waals surface area contributed by atoms with E-state index in [-0.39, 0.29) is 0 Å². The van der Waals surface area contributed by atoms with Crippen LogP contribution in [0.15, 0.2) is 196 Å².